The van der Waals surface area contributed by atoms with E-state index in [0.717, 1.165) is 6.54 Å². The third kappa shape index (κ3) is 4.30. The van der Waals surface area contributed by atoms with Crippen molar-refractivity contribution < 1.29 is 0 Å². The first kappa shape index (κ1) is 12.0. The van der Waals surface area contributed by atoms with Gasteiger partial charge in [0.1, 0.15) is 0 Å². The van der Waals surface area contributed by atoms with Gasteiger partial charge in [0.15, 0.2) is 0 Å². The minimum Gasteiger partial charge on any atom is -0.311 e. The predicted molar refractivity (Wildman–Crippen MR) is 67.1 cm³/mol. The quantitative estimate of drug-likeness (QED) is 0.740. The largest absolute Gasteiger partial charge is 0.311 e. The zero-order valence-corrected chi connectivity index (χ0v) is 9.96. The van der Waals surface area contributed by atoms with Crippen LogP contribution < -0.4 is 5.32 Å². The highest BCUT2D eigenvalue weighted by Gasteiger charge is 2.12. The maximum Gasteiger partial charge on any atom is 0.0141 e. The summed E-state index contributed by atoms with van der Waals surface area (Å²) in [6, 6.07) is 10.5. The van der Waals surface area contributed by atoms with E-state index in [1.54, 1.807) is 0 Å². The third-order valence-corrected chi connectivity index (χ3v) is 2.36. The molecule has 0 saturated heterocycles. The van der Waals surface area contributed by atoms with E-state index in [9.17, 15) is 0 Å². The van der Waals surface area contributed by atoms with Crippen molar-refractivity contribution in [3.8, 4) is 0 Å². The van der Waals surface area contributed by atoms with Crippen LogP contribution in [0.1, 0.15) is 32.3 Å². The summed E-state index contributed by atoms with van der Waals surface area (Å²) >= 11 is 0. The molecule has 0 aliphatic rings. The van der Waals surface area contributed by atoms with Crippen molar-refractivity contribution in [3.63, 3.8) is 0 Å². The minimum atomic E-state index is 0.163. The lowest BCUT2D eigenvalue weighted by Crippen LogP contribution is -2.38. The molecular formula is C14H21N. The summed E-state index contributed by atoms with van der Waals surface area (Å²) in [7, 11) is 0. The van der Waals surface area contributed by atoms with Crippen LogP contribution in [0.15, 0.2) is 43.0 Å². The molecule has 82 valence electrons. The molecule has 15 heavy (non-hydrogen) atoms. The molecule has 1 rings (SSSR count). The normalized spacial score (nSPS) is 13.5. The monoisotopic (exact) mass is 203 g/mol. The van der Waals surface area contributed by atoms with E-state index >= 15 is 0 Å². The van der Waals surface area contributed by atoms with Crippen molar-refractivity contribution in [2.24, 2.45) is 0 Å². The topological polar surface area (TPSA) is 12.0 Å². The van der Waals surface area contributed by atoms with Gasteiger partial charge in [-0.05, 0) is 26.3 Å². The second kappa shape index (κ2) is 5.13. The van der Waals surface area contributed by atoms with Gasteiger partial charge in [-0.25, -0.2) is 0 Å². The van der Waals surface area contributed by atoms with Gasteiger partial charge in [-0.1, -0.05) is 36.4 Å². The summed E-state index contributed by atoms with van der Waals surface area (Å²) in [4.78, 5) is 0. The average Bonchev–Trinajstić information content (AvgIpc) is 2.19. The lowest BCUT2D eigenvalue weighted by Gasteiger charge is -2.24. The molecule has 1 N–H and O–H groups in total. The Kier molecular flexibility index (Phi) is 4.10. The number of benzene rings is 1. The molecule has 0 radical (unpaired) electrons. The standard InChI is InChI=1S/C14H21N/c1-5-12(11-15-14(2,3)4)13-9-7-6-8-10-13/h5-10,12,15H,1,11H2,2-4H3. The highest BCUT2D eigenvalue weighted by molar-refractivity contribution is 5.23. The Morgan fingerprint density at radius 3 is 2.33 bits per heavy atom. The van der Waals surface area contributed by atoms with Gasteiger partial charge in [0.05, 0.1) is 0 Å². The molecule has 0 fully saturated rings. The van der Waals surface area contributed by atoms with Crippen molar-refractivity contribution in [2.75, 3.05) is 6.54 Å². The van der Waals surface area contributed by atoms with Crippen LogP contribution in [0.5, 0.6) is 0 Å². The Bertz CT molecular complexity index is 295. The fourth-order valence-electron chi connectivity index (χ4n) is 1.45. The fourth-order valence-corrected chi connectivity index (χ4v) is 1.45. The van der Waals surface area contributed by atoms with Crippen molar-refractivity contribution >= 4 is 0 Å². The van der Waals surface area contributed by atoms with Gasteiger partial charge < -0.3 is 5.32 Å². The Hall–Kier alpha value is -1.08. The van der Waals surface area contributed by atoms with Crippen LogP contribution in [0, 0.1) is 0 Å². The van der Waals surface area contributed by atoms with Gasteiger partial charge in [0, 0.05) is 18.0 Å². The maximum absolute atomic E-state index is 3.90. The molecule has 1 unspecified atom stereocenters. The van der Waals surface area contributed by atoms with Gasteiger partial charge in [0.25, 0.3) is 0 Å². The van der Waals surface area contributed by atoms with Crippen LogP contribution in [0.4, 0.5) is 0 Å². The Balaban J connectivity index is 2.62. The van der Waals surface area contributed by atoms with Crippen molar-refractivity contribution in [3.05, 3.63) is 48.6 Å². The van der Waals surface area contributed by atoms with Crippen molar-refractivity contribution in [1.82, 2.24) is 5.32 Å². The first-order chi connectivity index (χ1) is 7.03. The summed E-state index contributed by atoms with van der Waals surface area (Å²) in [5.74, 6) is 0.394. The van der Waals surface area contributed by atoms with Crippen LogP contribution in [0.25, 0.3) is 0 Å². The molecule has 0 bridgehead atoms. The smallest absolute Gasteiger partial charge is 0.0141 e. The van der Waals surface area contributed by atoms with E-state index in [1.165, 1.54) is 5.56 Å². The van der Waals surface area contributed by atoms with Crippen LogP contribution in [-0.2, 0) is 0 Å². The number of hydrogen-bond acceptors (Lipinski definition) is 1. The maximum atomic E-state index is 3.90. The number of nitrogens with one attached hydrogen (secondary N) is 1. The Morgan fingerprint density at radius 2 is 1.87 bits per heavy atom. The zero-order chi connectivity index (χ0) is 11.3. The van der Waals surface area contributed by atoms with Gasteiger partial charge in [-0.15, -0.1) is 6.58 Å². The van der Waals surface area contributed by atoms with Crippen molar-refractivity contribution in [1.29, 1.82) is 0 Å². The second-order valence-electron chi connectivity index (χ2n) is 4.88. The molecular weight excluding hydrogens is 182 g/mol. The predicted octanol–water partition coefficient (Wildman–Crippen LogP) is 3.34. The molecule has 0 saturated carbocycles. The van der Waals surface area contributed by atoms with E-state index in [4.69, 9.17) is 0 Å². The molecule has 0 aliphatic heterocycles. The van der Waals surface area contributed by atoms with Crippen LogP contribution in [0.3, 0.4) is 0 Å². The SMILES string of the molecule is C=CC(CNC(C)(C)C)c1ccccc1. The highest BCUT2D eigenvalue weighted by atomic mass is 14.9. The summed E-state index contributed by atoms with van der Waals surface area (Å²) in [5, 5.41) is 3.50. The van der Waals surface area contributed by atoms with E-state index in [1.807, 2.05) is 12.1 Å². The van der Waals surface area contributed by atoms with Crippen LogP contribution in [0.2, 0.25) is 0 Å². The van der Waals surface area contributed by atoms with Crippen LogP contribution in [-0.4, -0.2) is 12.1 Å². The molecule has 1 heteroatoms. The molecule has 1 nitrogen and oxygen atoms in total. The average molecular weight is 203 g/mol. The Morgan fingerprint density at radius 1 is 1.27 bits per heavy atom. The fraction of sp³-hybridized carbons (Fsp3) is 0.429. The zero-order valence-electron chi connectivity index (χ0n) is 9.96. The third-order valence-electron chi connectivity index (χ3n) is 2.36. The highest BCUT2D eigenvalue weighted by Crippen LogP contribution is 2.16. The molecule has 0 aromatic heterocycles. The molecule has 1 aromatic rings. The summed E-state index contributed by atoms with van der Waals surface area (Å²) in [6.07, 6.45) is 2.01. The molecule has 0 spiro atoms. The minimum absolute atomic E-state index is 0.163. The van der Waals surface area contributed by atoms with E-state index in [2.05, 4.69) is 56.9 Å². The first-order valence-electron chi connectivity index (χ1n) is 5.45. The van der Waals surface area contributed by atoms with Gasteiger partial charge in [0.2, 0.25) is 0 Å². The number of rotatable bonds is 4. The summed E-state index contributed by atoms with van der Waals surface area (Å²) < 4.78 is 0. The Labute approximate surface area is 93.2 Å². The van der Waals surface area contributed by atoms with Gasteiger partial charge in [-0.3, -0.25) is 0 Å². The molecule has 0 amide bonds. The number of hydrogen-bond donors (Lipinski definition) is 1. The molecule has 1 atom stereocenters. The lowest BCUT2D eigenvalue weighted by molar-refractivity contribution is 0.420. The van der Waals surface area contributed by atoms with Gasteiger partial charge >= 0.3 is 0 Å². The lowest BCUT2D eigenvalue weighted by atomic mass is 9.98. The summed E-state index contributed by atoms with van der Waals surface area (Å²) in [6.45, 7) is 11.4. The van der Waals surface area contributed by atoms with E-state index in [0.29, 0.717) is 5.92 Å². The first-order valence-corrected chi connectivity index (χ1v) is 5.45. The van der Waals surface area contributed by atoms with Crippen LogP contribution >= 0.6 is 0 Å². The summed E-state index contributed by atoms with van der Waals surface area (Å²) in [5.41, 5.74) is 1.49. The van der Waals surface area contributed by atoms with Gasteiger partial charge in [-0.2, -0.15) is 0 Å². The molecule has 0 heterocycles. The van der Waals surface area contributed by atoms with E-state index in [-0.39, 0.29) is 5.54 Å². The van der Waals surface area contributed by atoms with Crippen molar-refractivity contribution in [2.45, 2.75) is 32.2 Å². The molecule has 0 aliphatic carbocycles. The second-order valence-corrected chi connectivity index (χ2v) is 4.88. The molecule has 1 aromatic carbocycles. The van der Waals surface area contributed by atoms with E-state index < -0.39 is 0 Å².